The minimum Gasteiger partial charge on any atom is -0.338 e. The Morgan fingerprint density at radius 3 is 3.00 bits per heavy atom. The lowest BCUT2D eigenvalue weighted by Crippen LogP contribution is -2.40. The first kappa shape index (κ1) is 13.9. The van der Waals surface area contributed by atoms with Gasteiger partial charge < -0.3 is 4.90 Å². The molecule has 1 N–H and O–H groups in total. The van der Waals surface area contributed by atoms with Gasteiger partial charge in [0, 0.05) is 32.0 Å². The third-order valence-corrected chi connectivity index (χ3v) is 4.18. The number of rotatable bonds is 3. The third-order valence-electron chi connectivity index (χ3n) is 4.18. The van der Waals surface area contributed by atoms with E-state index >= 15 is 0 Å². The van der Waals surface area contributed by atoms with E-state index in [4.69, 9.17) is 0 Å². The van der Waals surface area contributed by atoms with Crippen LogP contribution in [0.25, 0.3) is 0 Å². The van der Waals surface area contributed by atoms with Crippen LogP contribution in [-0.2, 0) is 13.5 Å². The second-order valence-corrected chi connectivity index (χ2v) is 5.90. The molecule has 6 heteroatoms. The van der Waals surface area contributed by atoms with Crippen LogP contribution in [0.3, 0.4) is 0 Å². The maximum Gasteiger partial charge on any atom is 0.257 e. The normalized spacial score (nSPS) is 19.0. The van der Waals surface area contributed by atoms with Crippen molar-refractivity contribution < 1.29 is 4.79 Å². The summed E-state index contributed by atoms with van der Waals surface area (Å²) in [6, 6.07) is 0. The van der Waals surface area contributed by atoms with Gasteiger partial charge in [0.05, 0.1) is 18.0 Å². The molecular weight excluding hydrogens is 266 g/mol. The molecule has 3 rings (SSSR count). The lowest BCUT2D eigenvalue weighted by molar-refractivity contribution is 0.0672. The van der Waals surface area contributed by atoms with Gasteiger partial charge in [0.25, 0.3) is 5.91 Å². The minimum atomic E-state index is 0.0918. The molecule has 1 saturated heterocycles. The van der Waals surface area contributed by atoms with E-state index in [0.29, 0.717) is 11.5 Å². The van der Waals surface area contributed by atoms with Crippen molar-refractivity contribution in [3.05, 3.63) is 35.4 Å². The summed E-state index contributed by atoms with van der Waals surface area (Å²) in [5, 5.41) is 11.2. The zero-order chi connectivity index (χ0) is 14.8. The highest BCUT2D eigenvalue weighted by Gasteiger charge is 2.25. The molecule has 0 spiro atoms. The number of likely N-dealkylation sites (tertiary alicyclic amines) is 1. The van der Waals surface area contributed by atoms with Gasteiger partial charge in [-0.05, 0) is 37.7 Å². The van der Waals surface area contributed by atoms with Gasteiger partial charge in [0.1, 0.15) is 0 Å². The topological polar surface area (TPSA) is 66.8 Å². The van der Waals surface area contributed by atoms with Gasteiger partial charge >= 0.3 is 0 Å². The number of H-pyrrole nitrogens is 1. The maximum atomic E-state index is 12.5. The first-order valence-electron chi connectivity index (χ1n) is 7.40. The molecule has 2 aromatic heterocycles. The standard InChI is InChI=1S/C15H21N5O/c1-11-7-16-18-14(11)6-12-4-3-5-20(9-12)15(21)13-8-17-19(2)10-13/h7-8,10,12H,3-6,9H2,1-2H3,(H,16,18). The molecule has 1 aliphatic heterocycles. The molecular formula is C15H21N5O. The summed E-state index contributed by atoms with van der Waals surface area (Å²) < 4.78 is 1.67. The van der Waals surface area contributed by atoms with Crippen LogP contribution in [0, 0.1) is 12.8 Å². The molecule has 0 aliphatic carbocycles. The van der Waals surface area contributed by atoms with Crippen molar-refractivity contribution in [2.24, 2.45) is 13.0 Å². The van der Waals surface area contributed by atoms with Crippen LogP contribution in [0.5, 0.6) is 0 Å². The second-order valence-electron chi connectivity index (χ2n) is 5.90. The van der Waals surface area contributed by atoms with Crippen LogP contribution in [-0.4, -0.2) is 43.9 Å². The quantitative estimate of drug-likeness (QED) is 0.931. The Morgan fingerprint density at radius 2 is 2.33 bits per heavy atom. The summed E-state index contributed by atoms with van der Waals surface area (Å²) in [5.74, 6) is 0.590. The highest BCUT2D eigenvalue weighted by atomic mass is 16.2. The Balaban J connectivity index is 1.65. The number of piperidine rings is 1. The number of amides is 1. The lowest BCUT2D eigenvalue weighted by atomic mass is 9.92. The average molecular weight is 287 g/mol. The number of carbonyl (C=O) groups excluding carboxylic acids is 1. The highest BCUT2D eigenvalue weighted by Crippen LogP contribution is 2.22. The van der Waals surface area contributed by atoms with Crippen LogP contribution in [0.1, 0.15) is 34.5 Å². The maximum absolute atomic E-state index is 12.5. The Morgan fingerprint density at radius 1 is 1.48 bits per heavy atom. The van der Waals surface area contributed by atoms with Gasteiger partial charge in [0.2, 0.25) is 0 Å². The predicted molar refractivity (Wildman–Crippen MR) is 78.9 cm³/mol. The monoisotopic (exact) mass is 287 g/mol. The Bertz CT molecular complexity index is 630. The molecule has 3 heterocycles. The number of hydrogen-bond donors (Lipinski definition) is 1. The number of aryl methyl sites for hydroxylation is 2. The highest BCUT2D eigenvalue weighted by molar-refractivity contribution is 5.93. The molecule has 6 nitrogen and oxygen atoms in total. The fourth-order valence-electron chi connectivity index (χ4n) is 3.00. The molecule has 0 saturated carbocycles. The van der Waals surface area contributed by atoms with Crippen LogP contribution >= 0.6 is 0 Å². The third kappa shape index (κ3) is 2.99. The van der Waals surface area contributed by atoms with Crippen molar-refractivity contribution in [2.45, 2.75) is 26.2 Å². The van der Waals surface area contributed by atoms with Crippen molar-refractivity contribution >= 4 is 5.91 Å². The van der Waals surface area contributed by atoms with Crippen molar-refractivity contribution in [1.82, 2.24) is 24.9 Å². The van der Waals surface area contributed by atoms with E-state index in [2.05, 4.69) is 22.2 Å². The van der Waals surface area contributed by atoms with Crippen molar-refractivity contribution in [3.8, 4) is 0 Å². The van der Waals surface area contributed by atoms with Gasteiger partial charge in [-0.15, -0.1) is 0 Å². The van der Waals surface area contributed by atoms with Gasteiger partial charge in [-0.2, -0.15) is 10.2 Å². The molecule has 2 aromatic rings. The number of carbonyl (C=O) groups is 1. The van der Waals surface area contributed by atoms with Gasteiger partial charge in [-0.1, -0.05) is 0 Å². The summed E-state index contributed by atoms with van der Waals surface area (Å²) in [6.07, 6.45) is 8.47. The van der Waals surface area contributed by atoms with Gasteiger partial charge in [-0.25, -0.2) is 0 Å². The molecule has 1 unspecified atom stereocenters. The van der Waals surface area contributed by atoms with Gasteiger partial charge in [-0.3, -0.25) is 14.6 Å². The summed E-state index contributed by atoms with van der Waals surface area (Å²) >= 11 is 0. The summed E-state index contributed by atoms with van der Waals surface area (Å²) in [7, 11) is 1.83. The summed E-state index contributed by atoms with van der Waals surface area (Å²) in [4.78, 5) is 14.4. The van der Waals surface area contributed by atoms with E-state index in [9.17, 15) is 4.79 Å². The first-order valence-corrected chi connectivity index (χ1v) is 7.40. The van der Waals surface area contributed by atoms with Crippen LogP contribution < -0.4 is 0 Å². The van der Waals surface area contributed by atoms with Crippen LogP contribution in [0.4, 0.5) is 0 Å². The second kappa shape index (κ2) is 5.71. The molecule has 1 aliphatic rings. The molecule has 0 bridgehead atoms. The van der Waals surface area contributed by atoms with E-state index in [1.807, 2.05) is 18.1 Å². The molecule has 1 fully saturated rings. The van der Waals surface area contributed by atoms with E-state index in [0.717, 1.165) is 32.4 Å². The fourth-order valence-corrected chi connectivity index (χ4v) is 3.00. The van der Waals surface area contributed by atoms with E-state index in [1.54, 1.807) is 17.1 Å². The summed E-state index contributed by atoms with van der Waals surface area (Å²) in [6.45, 7) is 3.72. The van der Waals surface area contributed by atoms with Crippen molar-refractivity contribution in [2.75, 3.05) is 13.1 Å². The number of aromatic nitrogens is 4. The number of aromatic amines is 1. The molecule has 1 amide bonds. The Kier molecular flexibility index (Phi) is 3.77. The molecule has 0 aromatic carbocycles. The largest absolute Gasteiger partial charge is 0.338 e. The average Bonchev–Trinajstić information content (AvgIpc) is 3.08. The van der Waals surface area contributed by atoms with E-state index in [-0.39, 0.29) is 5.91 Å². The van der Waals surface area contributed by atoms with E-state index < -0.39 is 0 Å². The first-order chi connectivity index (χ1) is 10.1. The molecule has 1 atom stereocenters. The van der Waals surface area contributed by atoms with Crippen molar-refractivity contribution in [1.29, 1.82) is 0 Å². The van der Waals surface area contributed by atoms with Crippen molar-refractivity contribution in [3.63, 3.8) is 0 Å². The lowest BCUT2D eigenvalue weighted by Gasteiger charge is -2.32. The number of hydrogen-bond acceptors (Lipinski definition) is 3. The predicted octanol–water partition coefficient (Wildman–Crippen LogP) is 1.55. The fraction of sp³-hybridized carbons (Fsp3) is 0.533. The van der Waals surface area contributed by atoms with E-state index in [1.165, 1.54) is 11.3 Å². The number of nitrogens with zero attached hydrogens (tertiary/aromatic N) is 4. The molecule has 0 radical (unpaired) electrons. The van der Waals surface area contributed by atoms with Crippen LogP contribution in [0.15, 0.2) is 18.6 Å². The molecule has 112 valence electrons. The minimum absolute atomic E-state index is 0.0918. The van der Waals surface area contributed by atoms with Crippen LogP contribution in [0.2, 0.25) is 0 Å². The zero-order valence-corrected chi connectivity index (χ0v) is 12.5. The Hall–Kier alpha value is -2.11. The number of nitrogens with one attached hydrogen (secondary N) is 1. The SMILES string of the molecule is Cc1cn[nH]c1CC1CCCN(C(=O)c2cnn(C)c2)C1. The zero-order valence-electron chi connectivity index (χ0n) is 12.5. The Labute approximate surface area is 124 Å². The van der Waals surface area contributed by atoms with Gasteiger partial charge in [0.15, 0.2) is 0 Å². The molecule has 21 heavy (non-hydrogen) atoms. The summed E-state index contributed by atoms with van der Waals surface area (Å²) in [5.41, 5.74) is 3.07. The smallest absolute Gasteiger partial charge is 0.257 e.